The Hall–Kier alpha value is -2.86. The Morgan fingerprint density at radius 3 is 2.43 bits per heavy atom. The van der Waals surface area contributed by atoms with Gasteiger partial charge in [0.05, 0.1) is 19.3 Å². The molecule has 2 N–H and O–H groups in total. The zero-order valence-corrected chi connectivity index (χ0v) is 17.0. The molecule has 6 nitrogen and oxygen atoms in total. The molecule has 0 unspecified atom stereocenters. The number of anilines is 1. The SMILES string of the molecule is CCNC(=O)CN(CC)[C@@H](C(=O)Nc1cc(C)ccc1OC)c1ccccc1. The molecule has 0 saturated heterocycles. The second-order valence-electron chi connectivity index (χ2n) is 6.52. The van der Waals surface area contributed by atoms with E-state index >= 15 is 0 Å². The molecular formula is C22H29N3O3. The van der Waals surface area contributed by atoms with Crippen LogP contribution in [0.25, 0.3) is 0 Å². The molecule has 2 aromatic rings. The van der Waals surface area contributed by atoms with E-state index in [2.05, 4.69) is 10.6 Å². The van der Waals surface area contributed by atoms with Crippen molar-refractivity contribution >= 4 is 17.5 Å². The van der Waals surface area contributed by atoms with Crippen LogP contribution in [0.2, 0.25) is 0 Å². The maximum absolute atomic E-state index is 13.3. The van der Waals surface area contributed by atoms with Crippen LogP contribution in [0, 0.1) is 6.92 Å². The molecule has 6 heteroatoms. The standard InChI is InChI=1S/C22H29N3O3/c1-5-23-20(26)15-25(6-2)21(17-10-8-7-9-11-17)22(27)24-18-14-16(3)12-13-19(18)28-4/h7-14,21H,5-6,15H2,1-4H3,(H,23,26)(H,24,27)/t21-/m1/s1. The number of nitrogens with zero attached hydrogens (tertiary/aromatic N) is 1. The molecule has 0 bridgehead atoms. The maximum atomic E-state index is 13.3. The number of methoxy groups -OCH3 is 1. The summed E-state index contributed by atoms with van der Waals surface area (Å²) >= 11 is 0. The fourth-order valence-electron chi connectivity index (χ4n) is 3.11. The summed E-state index contributed by atoms with van der Waals surface area (Å²) in [5.74, 6) is 0.282. The average Bonchev–Trinajstić information content (AvgIpc) is 2.68. The molecule has 0 aliphatic heterocycles. The second kappa shape index (κ2) is 10.5. The van der Waals surface area contributed by atoms with Gasteiger partial charge in [-0.25, -0.2) is 0 Å². The fraction of sp³-hybridized carbons (Fsp3) is 0.364. The van der Waals surface area contributed by atoms with E-state index in [-0.39, 0.29) is 18.4 Å². The molecule has 0 spiro atoms. The zero-order valence-electron chi connectivity index (χ0n) is 17.0. The van der Waals surface area contributed by atoms with E-state index in [4.69, 9.17) is 4.74 Å². The Morgan fingerprint density at radius 1 is 1.11 bits per heavy atom. The summed E-state index contributed by atoms with van der Waals surface area (Å²) in [6.45, 7) is 7.02. The number of rotatable bonds is 9. The molecule has 0 saturated carbocycles. The van der Waals surface area contributed by atoms with Gasteiger partial charge >= 0.3 is 0 Å². The van der Waals surface area contributed by atoms with Gasteiger partial charge in [-0.3, -0.25) is 14.5 Å². The molecule has 0 aromatic heterocycles. The van der Waals surface area contributed by atoms with Crippen LogP contribution in [0.3, 0.4) is 0 Å². The molecule has 0 aliphatic carbocycles. The van der Waals surface area contributed by atoms with Gasteiger partial charge in [0, 0.05) is 6.54 Å². The number of aryl methyl sites for hydroxylation is 1. The van der Waals surface area contributed by atoms with Gasteiger partial charge in [0.25, 0.3) is 0 Å². The van der Waals surface area contributed by atoms with Gasteiger partial charge in [-0.1, -0.05) is 43.3 Å². The van der Waals surface area contributed by atoms with Crippen molar-refractivity contribution in [1.82, 2.24) is 10.2 Å². The highest BCUT2D eigenvalue weighted by molar-refractivity contribution is 5.97. The van der Waals surface area contributed by atoms with Gasteiger partial charge in [-0.15, -0.1) is 0 Å². The summed E-state index contributed by atoms with van der Waals surface area (Å²) in [7, 11) is 1.57. The van der Waals surface area contributed by atoms with Gasteiger partial charge in [0.15, 0.2) is 0 Å². The van der Waals surface area contributed by atoms with Crippen LogP contribution in [0.5, 0.6) is 5.75 Å². The van der Waals surface area contributed by atoms with E-state index in [0.717, 1.165) is 11.1 Å². The number of likely N-dealkylation sites (N-methyl/N-ethyl adjacent to an activating group) is 2. The summed E-state index contributed by atoms with van der Waals surface area (Å²) in [4.78, 5) is 27.3. The minimum atomic E-state index is -0.598. The number of benzene rings is 2. The quantitative estimate of drug-likeness (QED) is 0.698. The Labute approximate surface area is 166 Å². The van der Waals surface area contributed by atoms with Crippen molar-refractivity contribution in [3.63, 3.8) is 0 Å². The highest BCUT2D eigenvalue weighted by atomic mass is 16.5. The number of hydrogen-bond acceptors (Lipinski definition) is 4. The van der Waals surface area contributed by atoms with E-state index in [1.54, 1.807) is 7.11 Å². The first-order valence-electron chi connectivity index (χ1n) is 9.51. The fourth-order valence-corrected chi connectivity index (χ4v) is 3.11. The summed E-state index contributed by atoms with van der Waals surface area (Å²) in [6, 6.07) is 14.5. The minimum Gasteiger partial charge on any atom is -0.495 e. The number of nitrogens with one attached hydrogen (secondary N) is 2. The summed E-state index contributed by atoms with van der Waals surface area (Å²) in [5, 5.41) is 5.78. The normalized spacial score (nSPS) is 11.8. The van der Waals surface area contributed by atoms with Crippen LogP contribution in [-0.4, -0.2) is 43.5 Å². The number of carbonyl (C=O) groups is 2. The molecular weight excluding hydrogens is 354 g/mol. The molecule has 150 valence electrons. The van der Waals surface area contributed by atoms with Gasteiger partial charge in [-0.2, -0.15) is 0 Å². The topological polar surface area (TPSA) is 70.7 Å². The van der Waals surface area contributed by atoms with Gasteiger partial charge in [0.2, 0.25) is 11.8 Å². The highest BCUT2D eigenvalue weighted by Gasteiger charge is 2.28. The van der Waals surface area contributed by atoms with Crippen LogP contribution in [0.1, 0.15) is 31.0 Å². The molecule has 28 heavy (non-hydrogen) atoms. The molecule has 1 atom stereocenters. The van der Waals surface area contributed by atoms with E-state index in [1.165, 1.54) is 0 Å². The van der Waals surface area contributed by atoms with Crippen LogP contribution < -0.4 is 15.4 Å². The van der Waals surface area contributed by atoms with Crippen molar-refractivity contribution in [2.75, 3.05) is 32.1 Å². The van der Waals surface area contributed by atoms with Crippen LogP contribution in [0.4, 0.5) is 5.69 Å². The predicted octanol–water partition coefficient (Wildman–Crippen LogP) is 3.14. The van der Waals surface area contributed by atoms with Gasteiger partial charge < -0.3 is 15.4 Å². The first-order chi connectivity index (χ1) is 13.5. The second-order valence-corrected chi connectivity index (χ2v) is 6.52. The number of amides is 2. The lowest BCUT2D eigenvalue weighted by Crippen LogP contribution is -2.43. The van der Waals surface area contributed by atoms with Gasteiger partial charge in [-0.05, 0) is 43.7 Å². The van der Waals surface area contributed by atoms with Gasteiger partial charge in [0.1, 0.15) is 11.8 Å². The lowest BCUT2D eigenvalue weighted by molar-refractivity contribution is -0.126. The van der Waals surface area contributed by atoms with E-state index in [0.29, 0.717) is 24.5 Å². The number of hydrogen-bond donors (Lipinski definition) is 2. The molecule has 0 heterocycles. The molecule has 2 aromatic carbocycles. The van der Waals surface area contributed by atoms with Crippen LogP contribution >= 0.6 is 0 Å². The Morgan fingerprint density at radius 2 is 1.82 bits per heavy atom. The third-order valence-electron chi connectivity index (χ3n) is 4.47. The minimum absolute atomic E-state index is 0.105. The van der Waals surface area contributed by atoms with Crippen molar-refractivity contribution in [2.45, 2.75) is 26.8 Å². The monoisotopic (exact) mass is 383 g/mol. The van der Waals surface area contributed by atoms with Crippen molar-refractivity contribution in [3.8, 4) is 5.75 Å². The van der Waals surface area contributed by atoms with Crippen molar-refractivity contribution in [2.24, 2.45) is 0 Å². The van der Waals surface area contributed by atoms with Crippen LogP contribution in [0.15, 0.2) is 48.5 Å². The summed E-state index contributed by atoms with van der Waals surface area (Å²) in [6.07, 6.45) is 0. The number of carbonyl (C=O) groups excluding carboxylic acids is 2. The summed E-state index contributed by atoms with van der Waals surface area (Å²) in [5.41, 5.74) is 2.46. The molecule has 2 amide bonds. The lowest BCUT2D eigenvalue weighted by atomic mass is 10.0. The van der Waals surface area contributed by atoms with Crippen LogP contribution in [-0.2, 0) is 9.59 Å². The van der Waals surface area contributed by atoms with E-state index in [1.807, 2.05) is 74.2 Å². The Kier molecular flexibility index (Phi) is 8.02. The first-order valence-corrected chi connectivity index (χ1v) is 9.51. The molecule has 0 fully saturated rings. The maximum Gasteiger partial charge on any atom is 0.246 e. The zero-order chi connectivity index (χ0) is 20.5. The third kappa shape index (κ3) is 5.57. The van der Waals surface area contributed by atoms with Crippen molar-refractivity contribution in [3.05, 3.63) is 59.7 Å². The van der Waals surface area contributed by atoms with E-state index < -0.39 is 6.04 Å². The molecule has 2 rings (SSSR count). The highest BCUT2D eigenvalue weighted by Crippen LogP contribution is 2.28. The first kappa shape index (κ1) is 21.4. The van der Waals surface area contributed by atoms with E-state index in [9.17, 15) is 9.59 Å². The average molecular weight is 383 g/mol. The predicted molar refractivity (Wildman–Crippen MR) is 111 cm³/mol. The number of ether oxygens (including phenoxy) is 1. The lowest BCUT2D eigenvalue weighted by Gasteiger charge is -2.29. The largest absolute Gasteiger partial charge is 0.495 e. The smallest absolute Gasteiger partial charge is 0.246 e. The molecule has 0 radical (unpaired) electrons. The Bertz CT molecular complexity index is 793. The van der Waals surface area contributed by atoms with Crippen molar-refractivity contribution < 1.29 is 14.3 Å². The molecule has 0 aliphatic rings. The van der Waals surface area contributed by atoms with Crippen molar-refractivity contribution in [1.29, 1.82) is 0 Å². The summed E-state index contributed by atoms with van der Waals surface area (Å²) < 4.78 is 5.38. The Balaban J connectivity index is 2.34. The third-order valence-corrected chi connectivity index (χ3v) is 4.47.